The number of halogens is 2. The average molecular weight is 258 g/mol. The van der Waals surface area contributed by atoms with Crippen LogP contribution in [0.2, 0.25) is 0 Å². The highest BCUT2D eigenvalue weighted by atomic mass is 19.1. The Morgan fingerprint density at radius 1 is 1.00 bits per heavy atom. The van der Waals surface area contributed by atoms with Gasteiger partial charge in [0.1, 0.15) is 11.6 Å². The Morgan fingerprint density at radius 2 is 1.63 bits per heavy atom. The van der Waals surface area contributed by atoms with Crippen LogP contribution in [-0.4, -0.2) is 6.54 Å². The van der Waals surface area contributed by atoms with E-state index in [-0.39, 0.29) is 0 Å². The van der Waals surface area contributed by atoms with Gasteiger partial charge >= 0.3 is 0 Å². The van der Waals surface area contributed by atoms with Crippen LogP contribution in [0.25, 0.3) is 0 Å². The Balaban J connectivity index is 1.90. The molecule has 0 atom stereocenters. The summed E-state index contributed by atoms with van der Waals surface area (Å²) in [7, 11) is 0. The van der Waals surface area contributed by atoms with E-state index < -0.39 is 11.6 Å². The van der Waals surface area contributed by atoms with Crippen molar-refractivity contribution >= 4 is 5.69 Å². The van der Waals surface area contributed by atoms with Crippen LogP contribution in [0, 0.1) is 23.0 Å². The van der Waals surface area contributed by atoms with Gasteiger partial charge in [0.25, 0.3) is 0 Å². The molecule has 0 aliphatic heterocycles. The van der Waals surface area contributed by atoms with E-state index in [4.69, 9.17) is 5.26 Å². The van der Waals surface area contributed by atoms with Gasteiger partial charge in [0.15, 0.2) is 0 Å². The number of benzene rings is 2. The van der Waals surface area contributed by atoms with Crippen LogP contribution in [-0.2, 0) is 6.42 Å². The Labute approximate surface area is 110 Å². The second-order valence-electron chi connectivity index (χ2n) is 4.14. The van der Waals surface area contributed by atoms with Gasteiger partial charge in [-0.25, -0.2) is 8.78 Å². The standard InChI is InChI=1S/C15H12F2N2/c16-13-7-12(8-14(17)9-13)5-6-19-15-3-1-11(10-18)2-4-15/h1-4,7-9,19H,5-6H2. The van der Waals surface area contributed by atoms with Gasteiger partial charge in [0, 0.05) is 18.3 Å². The molecule has 0 heterocycles. The van der Waals surface area contributed by atoms with Crippen molar-refractivity contribution in [2.75, 3.05) is 11.9 Å². The summed E-state index contributed by atoms with van der Waals surface area (Å²) in [6.45, 7) is 0.564. The molecule has 1 N–H and O–H groups in total. The van der Waals surface area contributed by atoms with Gasteiger partial charge in [-0.3, -0.25) is 0 Å². The SMILES string of the molecule is N#Cc1ccc(NCCc2cc(F)cc(F)c2)cc1. The van der Waals surface area contributed by atoms with Crippen molar-refractivity contribution in [2.24, 2.45) is 0 Å². The van der Waals surface area contributed by atoms with Crippen molar-refractivity contribution in [3.05, 3.63) is 65.2 Å². The Bertz CT molecular complexity index is 580. The topological polar surface area (TPSA) is 35.8 Å². The third-order valence-electron chi connectivity index (χ3n) is 2.68. The van der Waals surface area contributed by atoms with Gasteiger partial charge in [0.05, 0.1) is 11.6 Å². The minimum Gasteiger partial charge on any atom is -0.385 e. The van der Waals surface area contributed by atoms with Crippen LogP contribution < -0.4 is 5.32 Å². The molecule has 0 aromatic heterocycles. The van der Waals surface area contributed by atoms with Crippen molar-refractivity contribution < 1.29 is 8.78 Å². The molecule has 0 fully saturated rings. The van der Waals surface area contributed by atoms with E-state index in [1.54, 1.807) is 24.3 Å². The first-order chi connectivity index (χ1) is 9.17. The molecule has 96 valence electrons. The second-order valence-corrected chi connectivity index (χ2v) is 4.14. The molecular weight excluding hydrogens is 246 g/mol. The number of nitrogens with one attached hydrogen (secondary N) is 1. The lowest BCUT2D eigenvalue weighted by molar-refractivity contribution is 0.580. The smallest absolute Gasteiger partial charge is 0.126 e. The van der Waals surface area contributed by atoms with Gasteiger partial charge in [-0.15, -0.1) is 0 Å². The van der Waals surface area contributed by atoms with Gasteiger partial charge in [-0.2, -0.15) is 5.26 Å². The molecule has 0 bridgehead atoms. The van der Waals surface area contributed by atoms with Gasteiger partial charge in [-0.1, -0.05) is 0 Å². The molecule has 2 aromatic carbocycles. The molecule has 0 saturated heterocycles. The quantitative estimate of drug-likeness (QED) is 0.911. The largest absolute Gasteiger partial charge is 0.385 e. The fourth-order valence-corrected chi connectivity index (χ4v) is 1.77. The van der Waals surface area contributed by atoms with Crippen LogP contribution >= 0.6 is 0 Å². The van der Waals surface area contributed by atoms with Gasteiger partial charge < -0.3 is 5.32 Å². The summed E-state index contributed by atoms with van der Waals surface area (Å²) >= 11 is 0. The molecule has 2 aromatic rings. The molecule has 0 amide bonds. The van der Waals surface area contributed by atoms with E-state index in [0.29, 0.717) is 24.1 Å². The molecule has 0 radical (unpaired) electrons. The van der Waals surface area contributed by atoms with Crippen molar-refractivity contribution in [3.63, 3.8) is 0 Å². The first-order valence-corrected chi connectivity index (χ1v) is 5.86. The summed E-state index contributed by atoms with van der Waals surface area (Å²) in [4.78, 5) is 0. The zero-order valence-corrected chi connectivity index (χ0v) is 10.2. The van der Waals surface area contributed by atoms with E-state index in [1.807, 2.05) is 6.07 Å². The van der Waals surface area contributed by atoms with Crippen molar-refractivity contribution in [3.8, 4) is 6.07 Å². The summed E-state index contributed by atoms with van der Waals surface area (Å²) < 4.78 is 25.9. The molecule has 19 heavy (non-hydrogen) atoms. The number of nitrogens with zero attached hydrogens (tertiary/aromatic N) is 1. The first-order valence-electron chi connectivity index (χ1n) is 5.86. The highest BCUT2D eigenvalue weighted by Gasteiger charge is 2.00. The maximum Gasteiger partial charge on any atom is 0.126 e. The summed E-state index contributed by atoms with van der Waals surface area (Å²) in [5.41, 5.74) is 2.08. The number of anilines is 1. The summed E-state index contributed by atoms with van der Waals surface area (Å²) in [6, 6.07) is 12.6. The van der Waals surface area contributed by atoms with Crippen molar-refractivity contribution in [1.82, 2.24) is 0 Å². The van der Waals surface area contributed by atoms with E-state index in [2.05, 4.69) is 5.32 Å². The third kappa shape index (κ3) is 3.78. The average Bonchev–Trinajstić information content (AvgIpc) is 2.38. The highest BCUT2D eigenvalue weighted by Crippen LogP contribution is 2.11. The molecular formula is C15H12F2N2. The molecule has 0 saturated carbocycles. The number of hydrogen-bond donors (Lipinski definition) is 1. The number of hydrogen-bond acceptors (Lipinski definition) is 2. The third-order valence-corrected chi connectivity index (χ3v) is 2.68. The molecule has 4 heteroatoms. The van der Waals surface area contributed by atoms with Gasteiger partial charge in [-0.05, 0) is 48.4 Å². The van der Waals surface area contributed by atoms with Crippen LogP contribution in [0.5, 0.6) is 0 Å². The molecule has 0 aliphatic carbocycles. The summed E-state index contributed by atoms with van der Waals surface area (Å²) in [5, 5.41) is 11.8. The summed E-state index contributed by atoms with van der Waals surface area (Å²) in [5.74, 6) is -1.12. The lowest BCUT2D eigenvalue weighted by atomic mass is 10.1. The van der Waals surface area contributed by atoms with Gasteiger partial charge in [0.2, 0.25) is 0 Å². The maximum atomic E-state index is 13.0. The molecule has 0 unspecified atom stereocenters. The van der Waals surface area contributed by atoms with E-state index in [1.165, 1.54) is 12.1 Å². The fourth-order valence-electron chi connectivity index (χ4n) is 1.77. The molecule has 2 nitrogen and oxygen atoms in total. The first kappa shape index (κ1) is 13.0. The minimum atomic E-state index is -0.562. The zero-order valence-electron chi connectivity index (χ0n) is 10.2. The minimum absolute atomic E-state index is 0.523. The normalized spacial score (nSPS) is 9.95. The molecule has 0 spiro atoms. The van der Waals surface area contributed by atoms with Crippen LogP contribution in [0.15, 0.2) is 42.5 Å². The van der Waals surface area contributed by atoms with Crippen LogP contribution in [0.4, 0.5) is 14.5 Å². The van der Waals surface area contributed by atoms with E-state index >= 15 is 0 Å². The van der Waals surface area contributed by atoms with E-state index in [0.717, 1.165) is 11.8 Å². The lowest BCUT2D eigenvalue weighted by Gasteiger charge is -2.06. The Kier molecular flexibility index (Phi) is 4.09. The second kappa shape index (κ2) is 5.96. The Morgan fingerprint density at radius 3 is 2.21 bits per heavy atom. The van der Waals surface area contributed by atoms with Crippen molar-refractivity contribution in [2.45, 2.75) is 6.42 Å². The maximum absolute atomic E-state index is 13.0. The van der Waals surface area contributed by atoms with Crippen LogP contribution in [0.1, 0.15) is 11.1 Å². The fraction of sp³-hybridized carbons (Fsp3) is 0.133. The number of nitriles is 1. The molecule has 0 aliphatic rings. The van der Waals surface area contributed by atoms with E-state index in [9.17, 15) is 8.78 Å². The lowest BCUT2D eigenvalue weighted by Crippen LogP contribution is -2.05. The number of rotatable bonds is 4. The Hall–Kier alpha value is -2.41. The molecule has 2 rings (SSSR count). The van der Waals surface area contributed by atoms with Crippen molar-refractivity contribution in [1.29, 1.82) is 5.26 Å². The zero-order chi connectivity index (χ0) is 13.7. The predicted octanol–water partition coefficient (Wildman–Crippen LogP) is 3.49. The predicted molar refractivity (Wildman–Crippen MR) is 69.7 cm³/mol. The van der Waals surface area contributed by atoms with Crippen LogP contribution in [0.3, 0.4) is 0 Å². The monoisotopic (exact) mass is 258 g/mol. The highest BCUT2D eigenvalue weighted by molar-refractivity contribution is 5.47. The summed E-state index contributed by atoms with van der Waals surface area (Å²) in [6.07, 6.45) is 0.523.